The minimum Gasteiger partial charge on any atom is -0.461 e. The summed E-state index contributed by atoms with van der Waals surface area (Å²) in [6.07, 6.45) is 21.9. The number of aliphatic hydroxyl groups excluding tert-OH is 1. The van der Waals surface area contributed by atoms with E-state index in [1.807, 2.05) is 92.1 Å². The number of ether oxygens (including phenoxy) is 16. The summed E-state index contributed by atoms with van der Waals surface area (Å²) in [7, 11) is 6.30. The van der Waals surface area contributed by atoms with Gasteiger partial charge in [0.2, 0.25) is 11.7 Å². The number of carbonyl (C=O) groups excluding carboxylic acids is 6. The molecule has 2 bridgehead atoms. The van der Waals surface area contributed by atoms with Gasteiger partial charge >= 0.3 is 11.9 Å². The van der Waals surface area contributed by atoms with E-state index in [2.05, 4.69) is 52.0 Å². The number of cyclic esters (lactones) is 1. The number of pyridine rings is 1. The molecule has 133 heavy (non-hydrogen) atoms. The summed E-state index contributed by atoms with van der Waals surface area (Å²) in [4.78, 5) is 103. The van der Waals surface area contributed by atoms with Crippen LogP contribution in [0.25, 0.3) is 33.3 Å². The van der Waals surface area contributed by atoms with Gasteiger partial charge in [0.15, 0.2) is 11.4 Å². The lowest BCUT2D eigenvalue weighted by atomic mass is 9.78. The monoisotopic (exact) mass is 1860 g/mol. The molecular weight excluding hydrogens is 1710 g/mol. The van der Waals surface area contributed by atoms with Gasteiger partial charge in [-0.25, -0.2) is 24.4 Å². The third-order valence-electron chi connectivity index (χ3n) is 25.5. The number of carbonyl (C=O) groups is 6. The lowest BCUT2D eigenvalue weighted by Gasteiger charge is -2.42. The number of hydrogen-bond acceptors (Lipinski definition) is 29. The number of aliphatic hydroxyl groups is 2. The second-order valence-electron chi connectivity index (χ2n) is 35.8. The highest BCUT2D eigenvalue weighted by atomic mass is 16.6. The predicted octanol–water partition coefficient (Wildman–Crippen LogP) is 11.8. The molecule has 2 saturated heterocycles. The fraction of sp³-hybridized carbons (Fsp3) is 0.680. The van der Waals surface area contributed by atoms with E-state index < -0.39 is 77.9 Å². The standard InChI is InChI=1S/C64H105NO17.C36H46N8O7/c1-12-30-76-32-34-78-36-37-79-35-33-77-31-18-22-57(66)80-54-28-25-50(41-56(54)74-10)40-46(5)53-27-23-44(3)39-48(7)59(68)60(75-11)58(67)47(6)38-43(2)19-14-13-15-20-45(4)55(73-9)42-51-26-24-49(8)64(72,82-51)61(69)62(70)65-29-17-16-21-52(65)63(71)81-53;1-46-10-11-48-14-15-50-18-19-51-17-16-49-13-12-47-9-6-31(45)43-8-5-27-20-26(2-3-29(27)24-43)23-44-36-32(34(37)40-25-41-36)33(42-44)30-21-28-4-7-38-35(28)39-22-30/h13-15,19-20,39,43-44,46-47,49-56,59-60,68,72H,12,16-18,21-38,40-42H2,1-11H3;2-4,7,20-22,25H,5-6,8-19,23-24H2,1H3,(H,38,39)(H2,37,40,41)/b15-13+,19-14+,45-20+,48-39+;/t43-,44+,46-,47-,49-,50+,51+,52+,53+,54-,55+,56-,59-,60+,64-;/m1./s1. The number of rotatable bonds is 43. The van der Waals surface area contributed by atoms with E-state index in [4.69, 9.17) is 86.6 Å². The summed E-state index contributed by atoms with van der Waals surface area (Å²) in [5.41, 5.74) is 14.3. The molecule has 740 valence electrons. The molecule has 5 N–H and O–H groups in total. The minimum atomic E-state index is -2.41. The molecule has 4 aliphatic heterocycles. The molecule has 0 radical (unpaired) electrons. The van der Waals surface area contributed by atoms with Crippen molar-refractivity contribution < 1.29 is 115 Å². The average molecular weight is 1860 g/mol. The predicted molar refractivity (Wildman–Crippen MR) is 501 cm³/mol. The van der Waals surface area contributed by atoms with Crippen LogP contribution in [-0.4, -0.2) is 307 Å². The van der Waals surface area contributed by atoms with Gasteiger partial charge in [0.1, 0.15) is 53.9 Å². The van der Waals surface area contributed by atoms with E-state index in [0.717, 1.165) is 59.2 Å². The maximum absolute atomic E-state index is 14.6. The molecule has 1 aliphatic carbocycles. The number of anilines is 1. The lowest BCUT2D eigenvalue weighted by molar-refractivity contribution is -0.265. The molecule has 1 aromatic carbocycles. The molecule has 3 fully saturated rings. The zero-order valence-corrected chi connectivity index (χ0v) is 80.7. The van der Waals surface area contributed by atoms with Crippen LogP contribution in [0.1, 0.15) is 181 Å². The first-order chi connectivity index (χ1) is 64.4. The molecule has 5 aromatic rings. The quantitative estimate of drug-likeness (QED) is 0.0122. The van der Waals surface area contributed by atoms with E-state index >= 15 is 0 Å². The van der Waals surface area contributed by atoms with Crippen LogP contribution in [0.3, 0.4) is 0 Å². The van der Waals surface area contributed by atoms with E-state index in [1.54, 1.807) is 41.4 Å². The van der Waals surface area contributed by atoms with Crippen molar-refractivity contribution in [3.63, 3.8) is 0 Å². The van der Waals surface area contributed by atoms with Gasteiger partial charge in [-0.1, -0.05) is 96.2 Å². The van der Waals surface area contributed by atoms with E-state index in [0.29, 0.717) is 250 Å². The van der Waals surface area contributed by atoms with Crippen LogP contribution in [0.5, 0.6) is 0 Å². The largest absolute Gasteiger partial charge is 0.461 e. The number of piperidine rings is 1. The van der Waals surface area contributed by atoms with Crippen LogP contribution in [0, 0.1) is 35.5 Å². The van der Waals surface area contributed by atoms with E-state index in [1.165, 1.54) is 23.9 Å². The number of aromatic nitrogens is 6. The minimum absolute atomic E-state index is 0.0468. The summed E-state index contributed by atoms with van der Waals surface area (Å²) in [5, 5.41) is 30.3. The Bertz CT molecular complexity index is 4480. The van der Waals surface area contributed by atoms with Crippen LogP contribution in [-0.2, 0) is 124 Å². The van der Waals surface area contributed by atoms with E-state index in [-0.39, 0.29) is 66.8 Å². The number of fused-ring (bicyclic) bond motifs is 6. The van der Waals surface area contributed by atoms with Gasteiger partial charge in [0.25, 0.3) is 11.7 Å². The highest BCUT2D eigenvalue weighted by Gasteiger charge is 2.53. The van der Waals surface area contributed by atoms with Crippen molar-refractivity contribution in [1.29, 1.82) is 0 Å². The van der Waals surface area contributed by atoms with Gasteiger partial charge in [0.05, 0.1) is 149 Å². The number of benzene rings is 1. The Balaban J connectivity index is 0.000000331. The second kappa shape index (κ2) is 58.4. The zero-order valence-electron chi connectivity index (χ0n) is 80.7. The Kier molecular flexibility index (Phi) is 47.6. The van der Waals surface area contributed by atoms with Gasteiger partial charge in [0, 0.05) is 109 Å². The Morgan fingerprint density at radius 1 is 0.669 bits per heavy atom. The smallest absolute Gasteiger partial charge is 0.329 e. The number of methoxy groups -OCH3 is 4. The first-order valence-electron chi connectivity index (χ1n) is 48.0. The van der Waals surface area contributed by atoms with Crippen LogP contribution in [0.4, 0.5) is 5.82 Å². The highest BCUT2D eigenvalue weighted by molar-refractivity contribution is 6.39. The molecule has 8 heterocycles. The third kappa shape index (κ3) is 34.5. The number of nitrogen functional groups attached to an aromatic ring is 1. The lowest BCUT2D eigenvalue weighted by Crippen LogP contribution is -2.61. The average Bonchev–Trinajstić information content (AvgIpc) is 1.76. The van der Waals surface area contributed by atoms with Gasteiger partial charge in [-0.15, -0.1) is 0 Å². The summed E-state index contributed by atoms with van der Waals surface area (Å²) >= 11 is 0. The zero-order chi connectivity index (χ0) is 95.4. The number of hydrogen-bond donors (Lipinski definition) is 4. The Morgan fingerprint density at radius 3 is 2.02 bits per heavy atom. The van der Waals surface area contributed by atoms with Crippen molar-refractivity contribution in [2.24, 2.45) is 35.5 Å². The number of amides is 2. The second-order valence-corrected chi connectivity index (χ2v) is 35.8. The summed E-state index contributed by atoms with van der Waals surface area (Å²) in [5.74, 6) is -6.32. The number of aromatic amines is 1. The first kappa shape index (κ1) is 108. The molecule has 33 nitrogen and oxygen atoms in total. The molecule has 0 spiro atoms. The summed E-state index contributed by atoms with van der Waals surface area (Å²) in [6.45, 7) is 26.8. The van der Waals surface area contributed by atoms with Gasteiger partial charge in [-0.05, 0) is 174 Å². The maximum Gasteiger partial charge on any atom is 0.329 e. The number of nitrogens with one attached hydrogen (secondary N) is 1. The Hall–Kier alpha value is -8.20. The molecule has 0 unspecified atom stereocenters. The molecule has 1 saturated carbocycles. The van der Waals surface area contributed by atoms with Crippen molar-refractivity contribution in [3.8, 4) is 11.3 Å². The van der Waals surface area contributed by atoms with Crippen LogP contribution >= 0.6 is 0 Å². The number of nitrogens with zero attached hydrogens (tertiary/aromatic N) is 7. The van der Waals surface area contributed by atoms with Crippen molar-refractivity contribution in [2.45, 2.75) is 239 Å². The van der Waals surface area contributed by atoms with Crippen molar-refractivity contribution in [3.05, 3.63) is 113 Å². The number of Topliss-reactive ketones (excluding diaryl/α,β-unsaturated/α-hetero) is 2. The number of nitrogens with two attached hydrogens (primary N) is 1. The van der Waals surface area contributed by atoms with Crippen LogP contribution in [0.15, 0.2) is 96.7 Å². The van der Waals surface area contributed by atoms with Crippen LogP contribution < -0.4 is 5.73 Å². The molecule has 33 heteroatoms. The van der Waals surface area contributed by atoms with Gasteiger partial charge < -0.3 is 107 Å². The number of esters is 2. The fourth-order valence-corrected chi connectivity index (χ4v) is 17.8. The Morgan fingerprint density at radius 2 is 1.35 bits per heavy atom. The first-order valence-corrected chi connectivity index (χ1v) is 48.0. The summed E-state index contributed by atoms with van der Waals surface area (Å²) in [6, 6.07) is 9.34. The number of ketones is 2. The highest BCUT2D eigenvalue weighted by Crippen LogP contribution is 2.40. The topological polar surface area (TPSA) is 395 Å². The maximum atomic E-state index is 14.6. The third-order valence-corrected chi connectivity index (χ3v) is 25.5. The van der Waals surface area contributed by atoms with Crippen molar-refractivity contribution in [2.75, 3.05) is 173 Å². The van der Waals surface area contributed by atoms with Crippen molar-refractivity contribution in [1.82, 2.24) is 39.5 Å². The van der Waals surface area contributed by atoms with E-state index in [9.17, 15) is 39.0 Å². The molecule has 2 amide bonds. The number of allylic oxidation sites excluding steroid dienone is 6. The number of H-pyrrole nitrogens is 1. The normalized spacial score (nSPS) is 26.2. The molecule has 5 aliphatic rings. The van der Waals surface area contributed by atoms with Crippen molar-refractivity contribution >= 4 is 63.2 Å². The molecule has 15 atom stereocenters. The molecular formula is C100H151N9O24. The van der Waals surface area contributed by atoms with Gasteiger partial charge in [-0.3, -0.25) is 24.0 Å². The molecule has 10 rings (SSSR count). The van der Waals surface area contributed by atoms with Crippen LogP contribution in [0.2, 0.25) is 0 Å². The summed E-state index contributed by atoms with van der Waals surface area (Å²) < 4.78 is 92.5. The fourth-order valence-electron chi connectivity index (χ4n) is 17.8. The molecule has 4 aromatic heterocycles. The van der Waals surface area contributed by atoms with Gasteiger partial charge in [-0.2, -0.15) is 5.10 Å². The Labute approximate surface area is 785 Å². The SMILES string of the molecule is CCCOCCOCCOCCOCCCC(=O)O[C@@H]1CC[C@@H](C[C@@H](C)[C@@H]2CC[C@H](C)/C=C(\C)[C@@H](O)[C@@H](OC)C(=O)[C@H](C)C[C@H](C)/C=C/C=C/C=C(\C)[C@@H](OC)C[C@@H]3CC[C@@H](C)[C@@](O)(O3)C(=O)C(=O)N3CCCC[C@H]3C(=O)O2)C[C@H]1OC.COCCOCCOCCOCCOCCOCCC(=O)N1CCc2cc(Cn3nc(-c4cnc5[nH]ccc5c4)c4c(N)ncnc43)ccc2C1.